The Balaban J connectivity index is 1.51. The van der Waals surface area contributed by atoms with Gasteiger partial charge in [-0.3, -0.25) is 4.57 Å². The molecule has 5 rings (SSSR count). The summed E-state index contributed by atoms with van der Waals surface area (Å²) in [5, 5.41) is 10.2. The molecule has 0 aliphatic carbocycles. The van der Waals surface area contributed by atoms with E-state index in [1.165, 1.54) is 16.4 Å². The number of rotatable bonds is 9. The van der Waals surface area contributed by atoms with Gasteiger partial charge in [0, 0.05) is 13.1 Å². The van der Waals surface area contributed by atoms with Crippen molar-refractivity contribution >= 4 is 40.0 Å². The molecule has 0 saturated carbocycles. The molecule has 0 saturated heterocycles. The molecule has 7 nitrogen and oxygen atoms in total. The second kappa shape index (κ2) is 12.2. The van der Waals surface area contributed by atoms with Crippen molar-refractivity contribution in [3.05, 3.63) is 136 Å². The maximum atomic E-state index is 14.4. The van der Waals surface area contributed by atoms with E-state index in [1.807, 2.05) is 30.3 Å². The van der Waals surface area contributed by atoms with Crippen LogP contribution in [0.3, 0.4) is 0 Å². The minimum absolute atomic E-state index is 0.0249. The van der Waals surface area contributed by atoms with Crippen molar-refractivity contribution in [2.75, 3.05) is 0 Å². The summed E-state index contributed by atoms with van der Waals surface area (Å²) in [6, 6.07) is 31.4. The Morgan fingerprint density at radius 2 is 1.45 bits per heavy atom. The maximum absolute atomic E-state index is 14.4. The van der Waals surface area contributed by atoms with Crippen molar-refractivity contribution in [3.63, 3.8) is 0 Å². The molecule has 0 aromatic heterocycles. The third-order valence-electron chi connectivity index (χ3n) is 7.08. The molecule has 2 N–H and O–H groups in total. The molecule has 0 amide bonds. The first kappa shape index (κ1) is 31.5. The predicted octanol–water partition coefficient (Wildman–Crippen LogP) is 7.65. The molecule has 0 spiro atoms. The van der Waals surface area contributed by atoms with Crippen LogP contribution in [0.25, 0.3) is 21.9 Å². The molecule has 224 valence electrons. The number of hydrogen-bond acceptors (Lipinski definition) is 4. The van der Waals surface area contributed by atoms with Gasteiger partial charge >= 0.3 is 13.3 Å². The smallest absolute Gasteiger partial charge is 0.320 e. The lowest BCUT2D eigenvalue weighted by molar-refractivity contribution is 0.0565. The summed E-state index contributed by atoms with van der Waals surface area (Å²) in [6.07, 6.45) is 0. The Hall–Kier alpha value is -3.94. The summed E-state index contributed by atoms with van der Waals surface area (Å²) in [5.74, 6) is 0. The number of nitriles is 1. The molecule has 0 heterocycles. The first-order valence-electron chi connectivity index (χ1n) is 13.1. The van der Waals surface area contributed by atoms with Crippen molar-refractivity contribution in [1.82, 2.24) is 4.31 Å². The van der Waals surface area contributed by atoms with Gasteiger partial charge in [-0.2, -0.15) is 18.3 Å². The standard InChI is InChI=1S/C32H24ClF2N2O5PS/c33-31-17-24(10-15-30(31)32(34,35)43(38,39)40)21-37(44(41,42)29-14-13-25-5-1-2-6-28(25)18-29)20-22-8-11-26(12-9-22)27-7-3-4-23(16-27)19-36/h1-18H,20-21H2,(H2,38,39,40). The van der Waals surface area contributed by atoms with Crippen molar-refractivity contribution < 1.29 is 31.6 Å². The first-order valence-corrected chi connectivity index (χ1v) is 16.5. The molecule has 0 atom stereocenters. The number of halogens is 3. The fraction of sp³-hybridized carbons (Fsp3) is 0.0938. The van der Waals surface area contributed by atoms with Gasteiger partial charge in [0.05, 0.1) is 27.1 Å². The number of hydrogen-bond donors (Lipinski definition) is 2. The Morgan fingerprint density at radius 3 is 2.11 bits per heavy atom. The van der Waals surface area contributed by atoms with Crippen molar-refractivity contribution in [3.8, 4) is 17.2 Å². The van der Waals surface area contributed by atoms with E-state index in [1.54, 1.807) is 54.6 Å². The summed E-state index contributed by atoms with van der Waals surface area (Å²) in [6.45, 7) is -0.367. The van der Waals surface area contributed by atoms with Crippen LogP contribution in [0.5, 0.6) is 0 Å². The largest absolute Gasteiger partial charge is 0.399 e. The van der Waals surface area contributed by atoms with Gasteiger partial charge in [-0.05, 0) is 63.4 Å². The summed E-state index contributed by atoms with van der Waals surface area (Å²) in [7, 11) is -10.0. The molecule has 0 unspecified atom stereocenters. The lowest BCUT2D eigenvalue weighted by atomic mass is 10.0. The highest BCUT2D eigenvalue weighted by atomic mass is 35.5. The SMILES string of the molecule is N#Cc1cccc(-c2ccc(CN(Cc3ccc(C(F)(F)P(=O)(O)O)c(Cl)c3)S(=O)(=O)c3ccc4ccccc4c3)cc2)c1. The van der Waals surface area contributed by atoms with Gasteiger partial charge in [-0.25, -0.2) is 8.42 Å². The number of benzene rings is 5. The van der Waals surface area contributed by atoms with Crippen LogP contribution >= 0.6 is 19.2 Å². The van der Waals surface area contributed by atoms with Crippen LogP contribution in [-0.4, -0.2) is 22.5 Å². The molecule has 0 radical (unpaired) electrons. The molecular formula is C32H24ClF2N2O5PS. The van der Waals surface area contributed by atoms with Crippen molar-refractivity contribution in [1.29, 1.82) is 5.26 Å². The summed E-state index contributed by atoms with van der Waals surface area (Å²) in [4.78, 5) is 18.3. The van der Waals surface area contributed by atoms with Crippen LogP contribution in [0.4, 0.5) is 8.78 Å². The molecule has 0 bridgehead atoms. The Morgan fingerprint density at radius 1 is 0.795 bits per heavy atom. The van der Waals surface area contributed by atoms with E-state index in [2.05, 4.69) is 6.07 Å². The number of nitrogens with zero attached hydrogens (tertiary/aromatic N) is 2. The highest BCUT2D eigenvalue weighted by molar-refractivity contribution is 7.89. The highest BCUT2D eigenvalue weighted by Crippen LogP contribution is 2.60. The average Bonchev–Trinajstić information content (AvgIpc) is 3.00. The fourth-order valence-corrected chi connectivity index (χ4v) is 7.09. The van der Waals surface area contributed by atoms with Gasteiger partial charge < -0.3 is 9.79 Å². The van der Waals surface area contributed by atoms with Crippen LogP contribution < -0.4 is 0 Å². The van der Waals surface area contributed by atoms with Crippen LogP contribution in [-0.2, 0) is 33.3 Å². The summed E-state index contributed by atoms with van der Waals surface area (Å²) >= 11 is 6.05. The highest BCUT2D eigenvalue weighted by Gasteiger charge is 2.51. The lowest BCUT2D eigenvalue weighted by Crippen LogP contribution is -2.30. The van der Waals surface area contributed by atoms with Crippen LogP contribution in [0.1, 0.15) is 22.3 Å². The molecule has 5 aromatic carbocycles. The van der Waals surface area contributed by atoms with E-state index in [9.17, 15) is 27.0 Å². The molecule has 0 aliphatic rings. The van der Waals surface area contributed by atoms with E-state index in [-0.39, 0.29) is 23.5 Å². The number of sulfonamides is 1. The number of fused-ring (bicyclic) bond motifs is 1. The van der Waals surface area contributed by atoms with Gasteiger partial charge in [0.25, 0.3) is 0 Å². The van der Waals surface area contributed by atoms with E-state index in [4.69, 9.17) is 21.4 Å². The minimum Gasteiger partial charge on any atom is -0.320 e. The molecule has 0 fully saturated rings. The monoisotopic (exact) mass is 652 g/mol. The first-order chi connectivity index (χ1) is 20.8. The zero-order valence-corrected chi connectivity index (χ0v) is 25.3. The lowest BCUT2D eigenvalue weighted by Gasteiger charge is -2.24. The Labute approximate surface area is 257 Å². The zero-order chi connectivity index (χ0) is 31.7. The minimum atomic E-state index is -5.86. The summed E-state index contributed by atoms with van der Waals surface area (Å²) < 4.78 is 69.4. The van der Waals surface area contributed by atoms with E-state index in [0.29, 0.717) is 16.5 Å². The summed E-state index contributed by atoms with van der Waals surface area (Å²) in [5.41, 5.74) is -2.58. The normalized spacial score (nSPS) is 12.4. The van der Waals surface area contributed by atoms with E-state index in [0.717, 1.165) is 28.6 Å². The molecule has 0 aliphatic heterocycles. The second-order valence-corrected chi connectivity index (χ2v) is 14.1. The predicted molar refractivity (Wildman–Crippen MR) is 164 cm³/mol. The van der Waals surface area contributed by atoms with E-state index < -0.39 is 33.9 Å². The topological polar surface area (TPSA) is 119 Å². The van der Waals surface area contributed by atoms with Gasteiger partial charge in [0.2, 0.25) is 10.0 Å². The molecule has 12 heteroatoms. The van der Waals surface area contributed by atoms with Gasteiger partial charge in [0.15, 0.2) is 0 Å². The van der Waals surface area contributed by atoms with E-state index >= 15 is 0 Å². The Kier molecular flexibility index (Phi) is 8.74. The van der Waals surface area contributed by atoms with Crippen LogP contribution in [0, 0.1) is 11.3 Å². The van der Waals surface area contributed by atoms with Crippen molar-refractivity contribution in [2.24, 2.45) is 0 Å². The van der Waals surface area contributed by atoms with Gasteiger partial charge in [-0.1, -0.05) is 90.5 Å². The third kappa shape index (κ3) is 6.44. The average molecular weight is 653 g/mol. The third-order valence-corrected chi connectivity index (χ3v) is 10.2. The van der Waals surface area contributed by atoms with Crippen molar-refractivity contribution in [2.45, 2.75) is 23.6 Å². The zero-order valence-electron chi connectivity index (χ0n) is 22.8. The second-order valence-electron chi connectivity index (χ2n) is 10.1. The van der Waals surface area contributed by atoms with Crippen LogP contribution in [0.2, 0.25) is 5.02 Å². The fourth-order valence-electron chi connectivity index (χ4n) is 4.74. The van der Waals surface area contributed by atoms with Gasteiger partial charge in [-0.15, -0.1) is 0 Å². The van der Waals surface area contributed by atoms with Gasteiger partial charge in [0.1, 0.15) is 0 Å². The number of alkyl halides is 2. The molecule has 44 heavy (non-hydrogen) atoms. The Bertz CT molecular complexity index is 2060. The van der Waals surface area contributed by atoms with Crippen LogP contribution in [0.15, 0.2) is 114 Å². The quantitative estimate of drug-likeness (QED) is 0.158. The molecular weight excluding hydrogens is 629 g/mol. The molecule has 5 aromatic rings. The maximum Gasteiger partial charge on any atom is 0.399 e.